The van der Waals surface area contributed by atoms with Crippen LogP contribution in [0.15, 0.2) is 41.3 Å². The van der Waals surface area contributed by atoms with Crippen molar-refractivity contribution in [2.45, 2.75) is 5.50 Å². The molecule has 5 nitrogen and oxygen atoms in total. The van der Waals surface area contributed by atoms with Gasteiger partial charge in [0.25, 0.3) is 5.56 Å². The number of hydrogen-bond donors (Lipinski definition) is 2. The highest BCUT2D eigenvalue weighted by Crippen LogP contribution is 2.32. The quantitative estimate of drug-likeness (QED) is 0.489. The van der Waals surface area contributed by atoms with Gasteiger partial charge in [0.15, 0.2) is 11.7 Å². The number of hydrogen-bond acceptors (Lipinski definition) is 5. The van der Waals surface area contributed by atoms with Gasteiger partial charge in [-0.25, -0.2) is 0 Å². The minimum atomic E-state index is -0.303. The monoisotopic (exact) mass is 354 g/mol. The van der Waals surface area contributed by atoms with Crippen LogP contribution in [0.4, 0.5) is 5.69 Å². The molecular weight excluding hydrogens is 343 g/mol. The minimum Gasteiger partial charge on any atom is -0.356 e. The minimum absolute atomic E-state index is 0.222. The van der Waals surface area contributed by atoms with E-state index in [2.05, 4.69) is 10.6 Å². The van der Waals surface area contributed by atoms with Crippen molar-refractivity contribution in [2.75, 3.05) is 11.6 Å². The van der Waals surface area contributed by atoms with Crippen LogP contribution >= 0.6 is 35.0 Å². The van der Waals surface area contributed by atoms with Crippen molar-refractivity contribution >= 4 is 40.7 Å². The maximum absolute atomic E-state index is 11.9. The molecule has 8 heteroatoms. The molecule has 0 unspecified atom stereocenters. The summed E-state index contributed by atoms with van der Waals surface area (Å²) in [5.41, 5.74) is 0.542. The second-order valence-electron chi connectivity index (χ2n) is 4.21. The standard InChI is InChI=1S/C14H12Cl2N4OS/c1-22-14(18-8-17)19-9-6-10(15)13(11(16)7-9)20-5-3-2-4-12(20)21/h2-7,14,18-19H,1H3/t14-/m0/s1. The number of rotatable bonds is 5. The molecule has 0 aliphatic carbocycles. The van der Waals surface area contributed by atoms with Gasteiger partial charge in [-0.05, 0) is 24.5 Å². The lowest BCUT2D eigenvalue weighted by atomic mass is 10.2. The largest absolute Gasteiger partial charge is 0.356 e. The van der Waals surface area contributed by atoms with E-state index in [0.29, 0.717) is 21.4 Å². The Morgan fingerprint density at radius 3 is 2.55 bits per heavy atom. The molecule has 0 amide bonds. The van der Waals surface area contributed by atoms with Crippen LogP contribution in [-0.2, 0) is 0 Å². The Hall–Kier alpha value is -1.81. The number of thioether (sulfide) groups is 1. The second kappa shape index (κ2) is 7.45. The molecule has 2 rings (SSSR count). The van der Waals surface area contributed by atoms with Gasteiger partial charge in [-0.3, -0.25) is 14.7 Å². The van der Waals surface area contributed by atoms with Gasteiger partial charge in [-0.2, -0.15) is 5.26 Å². The number of nitrogens with zero attached hydrogens (tertiary/aromatic N) is 2. The zero-order chi connectivity index (χ0) is 16.1. The average molecular weight is 355 g/mol. The molecule has 0 spiro atoms. The first-order chi connectivity index (χ1) is 10.6. The van der Waals surface area contributed by atoms with Gasteiger partial charge in [0.1, 0.15) is 0 Å². The zero-order valence-electron chi connectivity index (χ0n) is 11.5. The van der Waals surface area contributed by atoms with Crippen molar-refractivity contribution in [1.29, 1.82) is 5.26 Å². The van der Waals surface area contributed by atoms with Gasteiger partial charge in [0.2, 0.25) is 0 Å². The number of benzene rings is 1. The van der Waals surface area contributed by atoms with Crippen LogP contribution in [0.1, 0.15) is 0 Å². The van der Waals surface area contributed by atoms with Crippen LogP contribution < -0.4 is 16.2 Å². The van der Waals surface area contributed by atoms with E-state index in [1.807, 2.05) is 12.4 Å². The summed E-state index contributed by atoms with van der Waals surface area (Å²) in [4.78, 5) is 11.9. The number of pyridine rings is 1. The summed E-state index contributed by atoms with van der Waals surface area (Å²) < 4.78 is 1.38. The van der Waals surface area contributed by atoms with Crippen molar-refractivity contribution in [1.82, 2.24) is 9.88 Å². The van der Waals surface area contributed by atoms with Crippen molar-refractivity contribution < 1.29 is 0 Å². The molecule has 1 atom stereocenters. The molecule has 22 heavy (non-hydrogen) atoms. The molecule has 114 valence electrons. The Bertz CT molecular complexity index is 749. The molecule has 0 saturated carbocycles. The summed E-state index contributed by atoms with van der Waals surface area (Å²) in [5, 5.41) is 15.0. The fourth-order valence-corrected chi connectivity index (χ4v) is 2.95. The molecule has 0 fully saturated rings. The highest BCUT2D eigenvalue weighted by atomic mass is 35.5. The lowest BCUT2D eigenvalue weighted by Gasteiger charge is -2.18. The van der Waals surface area contributed by atoms with Crippen LogP contribution in [0.25, 0.3) is 5.69 Å². The fraction of sp³-hybridized carbons (Fsp3) is 0.143. The third-order valence-corrected chi connectivity index (χ3v) is 4.09. The highest BCUT2D eigenvalue weighted by Gasteiger charge is 2.13. The number of halogens is 2. The Morgan fingerprint density at radius 1 is 1.32 bits per heavy atom. The van der Waals surface area contributed by atoms with Crippen LogP contribution in [0.5, 0.6) is 0 Å². The lowest BCUT2D eigenvalue weighted by Crippen LogP contribution is -2.29. The van der Waals surface area contributed by atoms with Gasteiger partial charge in [-0.15, -0.1) is 11.8 Å². The molecule has 1 aromatic heterocycles. The molecular formula is C14H12Cl2N4OS. The van der Waals surface area contributed by atoms with Crippen LogP contribution in [0.3, 0.4) is 0 Å². The van der Waals surface area contributed by atoms with Gasteiger partial charge in [0.05, 0.1) is 15.7 Å². The molecule has 1 aromatic carbocycles. The van der Waals surface area contributed by atoms with Crippen molar-refractivity contribution in [3.8, 4) is 11.9 Å². The van der Waals surface area contributed by atoms with Crippen molar-refractivity contribution in [3.63, 3.8) is 0 Å². The summed E-state index contributed by atoms with van der Waals surface area (Å²) in [7, 11) is 0. The van der Waals surface area contributed by atoms with E-state index in [1.54, 1.807) is 30.5 Å². The lowest BCUT2D eigenvalue weighted by molar-refractivity contribution is 0.885. The first-order valence-electron chi connectivity index (χ1n) is 6.18. The Morgan fingerprint density at radius 2 is 2.00 bits per heavy atom. The average Bonchev–Trinajstić information content (AvgIpc) is 2.48. The molecule has 0 bridgehead atoms. The topological polar surface area (TPSA) is 69.8 Å². The third kappa shape index (κ3) is 3.69. The van der Waals surface area contributed by atoms with E-state index in [9.17, 15) is 4.79 Å². The fourth-order valence-electron chi connectivity index (χ4n) is 1.86. The van der Waals surface area contributed by atoms with E-state index in [0.717, 1.165) is 0 Å². The zero-order valence-corrected chi connectivity index (χ0v) is 13.8. The number of aromatic nitrogens is 1. The van der Waals surface area contributed by atoms with E-state index in [-0.39, 0.29) is 11.1 Å². The highest BCUT2D eigenvalue weighted by molar-refractivity contribution is 7.99. The first kappa shape index (κ1) is 16.6. The molecule has 0 aliphatic heterocycles. The van der Waals surface area contributed by atoms with Crippen LogP contribution in [-0.4, -0.2) is 16.3 Å². The predicted octanol–water partition coefficient (Wildman–Crippen LogP) is 3.27. The van der Waals surface area contributed by atoms with E-state index < -0.39 is 0 Å². The van der Waals surface area contributed by atoms with Crippen molar-refractivity contribution in [3.05, 3.63) is 56.9 Å². The Kier molecular flexibility index (Phi) is 5.61. The number of anilines is 1. The molecule has 2 aromatic rings. The number of nitriles is 1. The summed E-state index contributed by atoms with van der Waals surface area (Å²) in [6, 6.07) is 8.11. The summed E-state index contributed by atoms with van der Waals surface area (Å²) in [6.07, 6.45) is 5.32. The van der Waals surface area contributed by atoms with Crippen molar-refractivity contribution in [2.24, 2.45) is 0 Å². The Balaban J connectivity index is 2.40. The van der Waals surface area contributed by atoms with Gasteiger partial charge in [-0.1, -0.05) is 29.3 Å². The molecule has 0 saturated heterocycles. The summed E-state index contributed by atoms with van der Waals surface area (Å²) in [6.45, 7) is 0. The smallest absolute Gasteiger partial charge is 0.255 e. The van der Waals surface area contributed by atoms with E-state index >= 15 is 0 Å². The first-order valence-corrected chi connectivity index (χ1v) is 8.22. The van der Waals surface area contributed by atoms with E-state index in [4.69, 9.17) is 28.5 Å². The Labute approximate surface area is 141 Å². The maximum Gasteiger partial charge on any atom is 0.255 e. The summed E-state index contributed by atoms with van der Waals surface area (Å²) >= 11 is 14.0. The van der Waals surface area contributed by atoms with Crippen LogP contribution in [0, 0.1) is 11.5 Å². The second-order valence-corrected chi connectivity index (χ2v) is 5.97. The summed E-state index contributed by atoms with van der Waals surface area (Å²) in [5.74, 6) is 0. The predicted molar refractivity (Wildman–Crippen MR) is 91.7 cm³/mol. The third-order valence-electron chi connectivity index (χ3n) is 2.81. The van der Waals surface area contributed by atoms with Crippen LogP contribution in [0.2, 0.25) is 10.0 Å². The number of nitrogens with one attached hydrogen (secondary N) is 2. The SMILES string of the molecule is CS[C@@H](NC#N)Nc1cc(Cl)c(-n2ccccc2=O)c(Cl)c1. The van der Waals surface area contributed by atoms with E-state index in [1.165, 1.54) is 22.4 Å². The van der Waals surface area contributed by atoms with Gasteiger partial charge >= 0.3 is 0 Å². The van der Waals surface area contributed by atoms with Gasteiger partial charge < -0.3 is 5.32 Å². The molecule has 0 radical (unpaired) electrons. The molecule has 0 aliphatic rings. The maximum atomic E-state index is 11.9. The molecule has 1 heterocycles. The van der Waals surface area contributed by atoms with Gasteiger partial charge in [0, 0.05) is 18.0 Å². The normalized spacial score (nSPS) is 11.5. The molecule has 2 N–H and O–H groups in total.